The molecule has 3 aromatic carbocycles. The Kier molecular flexibility index (Phi) is 8.64. The maximum atomic E-state index is 13.1. The zero-order valence-electron chi connectivity index (χ0n) is 21.2. The minimum absolute atomic E-state index is 0.0256. The van der Waals surface area contributed by atoms with Gasteiger partial charge in [0.25, 0.3) is 5.91 Å². The number of carbonyl (C=O) groups is 2. The van der Waals surface area contributed by atoms with Crippen LogP contribution < -0.4 is 4.74 Å². The number of thiocarbonyl (C=S) groups is 1. The van der Waals surface area contributed by atoms with Crippen molar-refractivity contribution in [1.29, 1.82) is 0 Å². The highest BCUT2D eigenvalue weighted by Gasteiger charge is 2.32. The Morgan fingerprint density at radius 2 is 1.77 bits per heavy atom. The molecule has 1 amide bonds. The second kappa shape index (κ2) is 12.5. The zero-order chi connectivity index (χ0) is 28.1. The van der Waals surface area contributed by atoms with Gasteiger partial charge in [-0.2, -0.15) is 5.10 Å². The number of rotatable bonds is 10. The predicted molar refractivity (Wildman–Crippen MR) is 162 cm³/mol. The molecule has 0 atom stereocenters. The Balaban J connectivity index is 1.41. The molecule has 1 aliphatic heterocycles. The molecule has 202 valence electrons. The average molecular weight is 590 g/mol. The number of aromatic nitrogens is 2. The SMILES string of the molecule is O=C(O)CCCN1C(=O)C(=Cc2cn(-c3ccccc3)nc2-c2ccc(OCc3ccccc3Cl)cc2)SC1=S. The molecule has 2 heterocycles. The quantitative estimate of drug-likeness (QED) is 0.160. The Bertz CT molecular complexity index is 1590. The van der Waals surface area contributed by atoms with Gasteiger partial charge in [0, 0.05) is 40.9 Å². The van der Waals surface area contributed by atoms with E-state index < -0.39 is 5.97 Å². The van der Waals surface area contributed by atoms with E-state index in [0.717, 1.165) is 22.4 Å². The van der Waals surface area contributed by atoms with E-state index >= 15 is 0 Å². The number of para-hydroxylation sites is 1. The first kappa shape index (κ1) is 27.6. The van der Waals surface area contributed by atoms with Crippen LogP contribution in [0.4, 0.5) is 0 Å². The predicted octanol–water partition coefficient (Wildman–Crippen LogP) is 6.84. The number of carboxylic acids is 1. The van der Waals surface area contributed by atoms with E-state index in [1.54, 1.807) is 10.8 Å². The normalized spacial score (nSPS) is 14.2. The molecular formula is C30H24ClN3O4S2. The molecule has 1 saturated heterocycles. The third kappa shape index (κ3) is 6.44. The number of carbonyl (C=O) groups excluding carboxylic acids is 1. The first-order chi connectivity index (χ1) is 19.4. The Morgan fingerprint density at radius 3 is 2.50 bits per heavy atom. The van der Waals surface area contributed by atoms with E-state index in [2.05, 4.69) is 0 Å². The summed E-state index contributed by atoms with van der Waals surface area (Å²) >= 11 is 12.9. The number of ether oxygens (including phenoxy) is 1. The summed E-state index contributed by atoms with van der Waals surface area (Å²) in [4.78, 5) is 25.9. The van der Waals surface area contributed by atoms with Crippen molar-refractivity contribution in [3.05, 3.63) is 106 Å². The van der Waals surface area contributed by atoms with Crippen LogP contribution in [0, 0.1) is 0 Å². The fourth-order valence-electron chi connectivity index (χ4n) is 4.14. The number of hydrogen-bond acceptors (Lipinski definition) is 6. The Labute approximate surface area is 246 Å². The number of benzene rings is 3. The smallest absolute Gasteiger partial charge is 0.303 e. The second-order valence-corrected chi connectivity index (χ2v) is 11.0. The summed E-state index contributed by atoms with van der Waals surface area (Å²) in [5, 5.41) is 14.4. The van der Waals surface area contributed by atoms with Crippen molar-refractivity contribution in [2.24, 2.45) is 0 Å². The van der Waals surface area contributed by atoms with Crippen molar-refractivity contribution in [2.45, 2.75) is 19.4 Å². The van der Waals surface area contributed by atoms with Crippen molar-refractivity contribution < 1.29 is 19.4 Å². The van der Waals surface area contributed by atoms with Gasteiger partial charge in [0.1, 0.15) is 16.7 Å². The van der Waals surface area contributed by atoms with Crippen molar-refractivity contribution in [1.82, 2.24) is 14.7 Å². The number of hydrogen-bond donors (Lipinski definition) is 1. The van der Waals surface area contributed by atoms with Crippen LogP contribution in [0.25, 0.3) is 23.0 Å². The van der Waals surface area contributed by atoms with Crippen LogP contribution >= 0.6 is 35.6 Å². The number of amides is 1. The van der Waals surface area contributed by atoms with E-state index in [1.165, 1.54) is 16.7 Å². The maximum Gasteiger partial charge on any atom is 0.303 e. The van der Waals surface area contributed by atoms with E-state index in [4.69, 9.17) is 38.8 Å². The van der Waals surface area contributed by atoms with Crippen LogP contribution in [0.5, 0.6) is 5.75 Å². The van der Waals surface area contributed by atoms with E-state index in [1.807, 2.05) is 85.1 Å². The molecule has 1 aliphatic rings. The van der Waals surface area contributed by atoms with Crippen molar-refractivity contribution >= 4 is 57.9 Å². The molecule has 1 fully saturated rings. The molecule has 0 spiro atoms. The van der Waals surface area contributed by atoms with Gasteiger partial charge in [-0.05, 0) is 55.0 Å². The molecule has 5 rings (SSSR count). The van der Waals surface area contributed by atoms with E-state index in [9.17, 15) is 9.59 Å². The standard InChI is InChI=1S/C30H24ClN3O4S2/c31-25-10-5-4-7-21(25)19-38-24-14-12-20(13-15-24)28-22(18-34(32-28)23-8-2-1-3-9-23)17-26-29(37)33(30(39)40-26)16-6-11-27(35)36/h1-5,7-10,12-15,17-18H,6,11,16,19H2,(H,35,36). The maximum absolute atomic E-state index is 13.1. The molecule has 4 aromatic rings. The lowest BCUT2D eigenvalue weighted by atomic mass is 10.1. The lowest BCUT2D eigenvalue weighted by molar-refractivity contribution is -0.137. The van der Waals surface area contributed by atoms with Gasteiger partial charge >= 0.3 is 5.97 Å². The van der Waals surface area contributed by atoms with Gasteiger partial charge in [0.05, 0.1) is 16.3 Å². The van der Waals surface area contributed by atoms with Crippen LogP contribution in [-0.4, -0.2) is 42.5 Å². The number of carboxylic acid groups (broad SMARTS) is 1. The van der Waals surface area contributed by atoms with E-state index in [-0.39, 0.29) is 18.9 Å². The highest BCUT2D eigenvalue weighted by Crippen LogP contribution is 2.35. The van der Waals surface area contributed by atoms with Gasteiger partial charge in [0.15, 0.2) is 0 Å². The third-order valence-corrected chi connectivity index (χ3v) is 7.92. The topological polar surface area (TPSA) is 84.7 Å². The first-order valence-corrected chi connectivity index (χ1v) is 14.1. The van der Waals surface area contributed by atoms with Gasteiger partial charge < -0.3 is 9.84 Å². The molecule has 0 unspecified atom stereocenters. The molecule has 1 N–H and O–H groups in total. The monoisotopic (exact) mass is 589 g/mol. The minimum Gasteiger partial charge on any atom is -0.489 e. The van der Waals surface area contributed by atoms with Gasteiger partial charge in [-0.1, -0.05) is 72.0 Å². The van der Waals surface area contributed by atoms with Crippen LogP contribution in [-0.2, 0) is 16.2 Å². The summed E-state index contributed by atoms with van der Waals surface area (Å²) in [6.45, 7) is 0.612. The van der Waals surface area contributed by atoms with Crippen LogP contribution in [0.3, 0.4) is 0 Å². The van der Waals surface area contributed by atoms with Crippen molar-refractivity contribution in [2.75, 3.05) is 6.54 Å². The average Bonchev–Trinajstić information content (AvgIpc) is 3.49. The Morgan fingerprint density at radius 1 is 1.05 bits per heavy atom. The van der Waals surface area contributed by atoms with E-state index in [0.29, 0.717) is 38.7 Å². The fourth-order valence-corrected chi connectivity index (χ4v) is 5.63. The molecule has 40 heavy (non-hydrogen) atoms. The summed E-state index contributed by atoms with van der Waals surface area (Å²) in [5.41, 5.74) is 4.07. The molecule has 0 bridgehead atoms. The van der Waals surface area contributed by atoms with Crippen molar-refractivity contribution in [3.8, 4) is 22.7 Å². The number of aliphatic carboxylic acids is 1. The van der Waals surface area contributed by atoms with Gasteiger partial charge in [-0.15, -0.1) is 0 Å². The highest BCUT2D eigenvalue weighted by molar-refractivity contribution is 8.26. The lowest BCUT2D eigenvalue weighted by Gasteiger charge is -2.13. The number of thioether (sulfide) groups is 1. The molecule has 0 saturated carbocycles. The molecule has 0 radical (unpaired) electrons. The summed E-state index contributed by atoms with van der Waals surface area (Å²) in [5.74, 6) is -0.448. The zero-order valence-corrected chi connectivity index (χ0v) is 23.6. The highest BCUT2D eigenvalue weighted by atomic mass is 35.5. The van der Waals surface area contributed by atoms with Gasteiger partial charge in [-0.25, -0.2) is 4.68 Å². The second-order valence-electron chi connectivity index (χ2n) is 8.95. The van der Waals surface area contributed by atoms with Gasteiger partial charge in [0.2, 0.25) is 0 Å². The molecule has 7 nitrogen and oxygen atoms in total. The molecular weight excluding hydrogens is 566 g/mol. The fraction of sp³-hybridized carbons (Fsp3) is 0.133. The lowest BCUT2D eigenvalue weighted by Crippen LogP contribution is -2.29. The summed E-state index contributed by atoms with van der Waals surface area (Å²) in [6, 6.07) is 24.9. The summed E-state index contributed by atoms with van der Waals surface area (Å²) in [7, 11) is 0. The van der Waals surface area contributed by atoms with Crippen LogP contribution in [0.15, 0.2) is 90.0 Å². The van der Waals surface area contributed by atoms with Crippen LogP contribution in [0.2, 0.25) is 5.02 Å². The number of nitrogens with zero attached hydrogens (tertiary/aromatic N) is 3. The Hall–Kier alpha value is -3.92. The summed E-state index contributed by atoms with van der Waals surface area (Å²) in [6.07, 6.45) is 3.98. The molecule has 0 aliphatic carbocycles. The first-order valence-electron chi connectivity index (χ1n) is 12.5. The minimum atomic E-state index is -0.903. The summed E-state index contributed by atoms with van der Waals surface area (Å²) < 4.78 is 8.12. The van der Waals surface area contributed by atoms with Gasteiger partial charge in [-0.3, -0.25) is 14.5 Å². The molecule has 1 aromatic heterocycles. The largest absolute Gasteiger partial charge is 0.489 e. The molecule has 10 heteroatoms. The van der Waals surface area contributed by atoms with Crippen LogP contribution in [0.1, 0.15) is 24.0 Å². The number of halogens is 1. The third-order valence-electron chi connectivity index (χ3n) is 6.18. The van der Waals surface area contributed by atoms with Crippen molar-refractivity contribution in [3.63, 3.8) is 0 Å².